The lowest BCUT2D eigenvalue weighted by Crippen LogP contribution is -2.11. The topological polar surface area (TPSA) is 49.3 Å². The van der Waals surface area contributed by atoms with Gasteiger partial charge in [0.25, 0.3) is 5.91 Å². The molecule has 3 aromatic carbocycles. The largest absolute Gasteiger partial charge is 0.506 e. The van der Waals surface area contributed by atoms with E-state index in [4.69, 9.17) is 0 Å². The van der Waals surface area contributed by atoms with E-state index in [2.05, 4.69) is 5.32 Å². The number of aromatic hydroxyl groups is 1. The van der Waals surface area contributed by atoms with Gasteiger partial charge in [-0.3, -0.25) is 4.79 Å². The van der Waals surface area contributed by atoms with Crippen LogP contribution in [0.15, 0.2) is 66.7 Å². The summed E-state index contributed by atoms with van der Waals surface area (Å²) in [6.45, 7) is 4.00. The number of rotatable bonds is 2. The molecule has 3 nitrogen and oxygen atoms in total. The second-order valence-corrected chi connectivity index (χ2v) is 4.50. The SMILES string of the molecule is CC.O=C(Nc1ccccc1)c1ccc2ccccc2c1O. The number of para-hydroxylation sites is 1. The highest BCUT2D eigenvalue weighted by Gasteiger charge is 2.13. The van der Waals surface area contributed by atoms with Crippen molar-refractivity contribution >= 4 is 22.4 Å². The molecule has 0 fully saturated rings. The number of anilines is 1. The first-order valence-corrected chi connectivity index (χ1v) is 7.33. The van der Waals surface area contributed by atoms with E-state index in [1.807, 2.05) is 56.3 Å². The summed E-state index contributed by atoms with van der Waals surface area (Å²) in [5.74, 6) is -0.309. The molecule has 0 spiro atoms. The van der Waals surface area contributed by atoms with E-state index in [0.717, 1.165) is 5.39 Å². The summed E-state index contributed by atoms with van der Waals surface area (Å²) >= 11 is 0. The number of nitrogens with one attached hydrogen (secondary N) is 1. The van der Waals surface area contributed by atoms with Gasteiger partial charge in [0, 0.05) is 11.1 Å². The number of hydrogen-bond acceptors (Lipinski definition) is 2. The summed E-state index contributed by atoms with van der Waals surface area (Å²) < 4.78 is 0. The summed E-state index contributed by atoms with van der Waals surface area (Å²) in [6, 6.07) is 20.1. The van der Waals surface area contributed by atoms with E-state index in [-0.39, 0.29) is 17.2 Å². The Kier molecular flexibility index (Phi) is 5.15. The molecule has 1 amide bonds. The smallest absolute Gasteiger partial charge is 0.259 e. The maximum absolute atomic E-state index is 12.2. The second-order valence-electron chi connectivity index (χ2n) is 4.50. The number of hydrogen-bond donors (Lipinski definition) is 2. The maximum atomic E-state index is 12.2. The monoisotopic (exact) mass is 293 g/mol. The third kappa shape index (κ3) is 3.26. The highest BCUT2D eigenvalue weighted by atomic mass is 16.3. The Bertz CT molecular complexity index is 767. The van der Waals surface area contributed by atoms with Crippen LogP contribution in [-0.4, -0.2) is 11.0 Å². The lowest BCUT2D eigenvalue weighted by Gasteiger charge is -2.09. The van der Waals surface area contributed by atoms with E-state index in [0.29, 0.717) is 11.1 Å². The van der Waals surface area contributed by atoms with Crippen LogP contribution in [-0.2, 0) is 0 Å². The molecule has 0 unspecified atom stereocenters. The maximum Gasteiger partial charge on any atom is 0.259 e. The van der Waals surface area contributed by atoms with Crippen LogP contribution in [0.25, 0.3) is 10.8 Å². The van der Waals surface area contributed by atoms with E-state index < -0.39 is 0 Å². The number of phenols is 1. The first-order valence-electron chi connectivity index (χ1n) is 7.33. The minimum Gasteiger partial charge on any atom is -0.506 e. The predicted molar refractivity (Wildman–Crippen MR) is 91.4 cm³/mol. The molecule has 0 saturated heterocycles. The van der Waals surface area contributed by atoms with Crippen LogP contribution in [0.4, 0.5) is 5.69 Å². The van der Waals surface area contributed by atoms with Crippen LogP contribution in [0.3, 0.4) is 0 Å². The van der Waals surface area contributed by atoms with E-state index in [1.54, 1.807) is 24.3 Å². The van der Waals surface area contributed by atoms with Crippen molar-refractivity contribution in [3.05, 3.63) is 72.3 Å². The molecule has 0 radical (unpaired) electrons. The molecule has 0 aromatic heterocycles. The predicted octanol–water partition coefficient (Wildman–Crippen LogP) is 4.82. The summed E-state index contributed by atoms with van der Waals surface area (Å²) in [5.41, 5.74) is 0.970. The molecule has 0 atom stereocenters. The first kappa shape index (κ1) is 15.6. The van der Waals surface area contributed by atoms with Crippen LogP contribution in [0.1, 0.15) is 24.2 Å². The van der Waals surface area contributed by atoms with Gasteiger partial charge in [0.05, 0.1) is 5.56 Å². The Morgan fingerprint density at radius 1 is 0.864 bits per heavy atom. The van der Waals surface area contributed by atoms with E-state index in [9.17, 15) is 9.90 Å². The first-order chi connectivity index (χ1) is 10.8. The molecule has 0 aliphatic carbocycles. The van der Waals surface area contributed by atoms with Gasteiger partial charge >= 0.3 is 0 Å². The molecule has 2 N–H and O–H groups in total. The van der Waals surface area contributed by atoms with Gasteiger partial charge < -0.3 is 10.4 Å². The summed E-state index contributed by atoms with van der Waals surface area (Å²) in [5, 5.41) is 14.6. The molecular formula is C19H19NO2. The average molecular weight is 293 g/mol. The van der Waals surface area contributed by atoms with Crippen molar-refractivity contribution in [2.24, 2.45) is 0 Å². The van der Waals surface area contributed by atoms with Crippen molar-refractivity contribution in [3.63, 3.8) is 0 Å². The fourth-order valence-electron chi connectivity index (χ4n) is 2.16. The zero-order valence-corrected chi connectivity index (χ0v) is 12.7. The molecule has 3 aromatic rings. The van der Waals surface area contributed by atoms with Crippen LogP contribution in [0.2, 0.25) is 0 Å². The highest BCUT2D eigenvalue weighted by molar-refractivity contribution is 6.09. The van der Waals surface area contributed by atoms with Crippen molar-refractivity contribution in [2.75, 3.05) is 5.32 Å². The van der Waals surface area contributed by atoms with Gasteiger partial charge in [-0.15, -0.1) is 0 Å². The van der Waals surface area contributed by atoms with Crippen molar-refractivity contribution in [1.29, 1.82) is 0 Å². The van der Waals surface area contributed by atoms with Crippen molar-refractivity contribution in [3.8, 4) is 5.75 Å². The number of carbonyl (C=O) groups is 1. The van der Waals surface area contributed by atoms with Gasteiger partial charge in [-0.1, -0.05) is 62.4 Å². The molecule has 0 aliphatic rings. The van der Waals surface area contributed by atoms with Gasteiger partial charge in [0.2, 0.25) is 0 Å². The number of amides is 1. The Morgan fingerprint density at radius 2 is 1.50 bits per heavy atom. The zero-order valence-electron chi connectivity index (χ0n) is 12.7. The Morgan fingerprint density at radius 3 is 2.23 bits per heavy atom. The number of fused-ring (bicyclic) bond motifs is 1. The molecule has 0 bridgehead atoms. The molecule has 3 heteroatoms. The number of phenolic OH excluding ortho intramolecular Hbond substituents is 1. The second kappa shape index (κ2) is 7.27. The molecular weight excluding hydrogens is 274 g/mol. The Hall–Kier alpha value is -2.81. The van der Waals surface area contributed by atoms with Crippen LogP contribution < -0.4 is 5.32 Å². The summed E-state index contributed by atoms with van der Waals surface area (Å²) in [7, 11) is 0. The van der Waals surface area contributed by atoms with Crippen molar-refractivity contribution in [1.82, 2.24) is 0 Å². The molecule has 22 heavy (non-hydrogen) atoms. The van der Waals surface area contributed by atoms with Gasteiger partial charge in [-0.05, 0) is 23.6 Å². The van der Waals surface area contributed by atoms with Gasteiger partial charge in [-0.25, -0.2) is 0 Å². The van der Waals surface area contributed by atoms with Crippen LogP contribution >= 0.6 is 0 Å². The van der Waals surface area contributed by atoms with Gasteiger partial charge in [-0.2, -0.15) is 0 Å². The van der Waals surface area contributed by atoms with Crippen molar-refractivity contribution < 1.29 is 9.90 Å². The van der Waals surface area contributed by atoms with Crippen LogP contribution in [0, 0.1) is 0 Å². The van der Waals surface area contributed by atoms with Gasteiger partial charge in [0.1, 0.15) is 5.75 Å². The highest BCUT2D eigenvalue weighted by Crippen LogP contribution is 2.29. The van der Waals surface area contributed by atoms with Gasteiger partial charge in [0.15, 0.2) is 0 Å². The third-order valence-corrected chi connectivity index (χ3v) is 3.18. The lowest BCUT2D eigenvalue weighted by molar-refractivity contribution is 0.102. The number of carbonyl (C=O) groups excluding carboxylic acids is 1. The molecule has 0 saturated carbocycles. The molecule has 112 valence electrons. The normalized spacial score (nSPS) is 9.73. The fraction of sp³-hybridized carbons (Fsp3) is 0.105. The summed E-state index contributed by atoms with van der Waals surface area (Å²) in [6.07, 6.45) is 0. The minimum atomic E-state index is -0.320. The van der Waals surface area contributed by atoms with E-state index in [1.165, 1.54) is 0 Å². The molecule has 0 heterocycles. The quantitative estimate of drug-likeness (QED) is 0.711. The fourth-order valence-corrected chi connectivity index (χ4v) is 2.16. The molecule has 0 aliphatic heterocycles. The zero-order chi connectivity index (χ0) is 15.9. The molecule has 3 rings (SSSR count). The Balaban J connectivity index is 0.000000847. The lowest BCUT2D eigenvalue weighted by atomic mass is 10.0. The standard InChI is InChI=1S/C17H13NO2.C2H6/c19-16-14-9-5-4-6-12(14)10-11-15(16)17(20)18-13-7-2-1-3-8-13;1-2/h1-11,19H,(H,18,20);1-2H3. The van der Waals surface area contributed by atoms with Crippen LogP contribution in [0.5, 0.6) is 5.75 Å². The van der Waals surface area contributed by atoms with Crippen molar-refractivity contribution in [2.45, 2.75) is 13.8 Å². The minimum absolute atomic E-state index is 0.0107. The third-order valence-electron chi connectivity index (χ3n) is 3.18. The average Bonchev–Trinajstić information content (AvgIpc) is 2.58. The number of benzene rings is 3. The Labute approximate surface area is 130 Å². The van der Waals surface area contributed by atoms with E-state index >= 15 is 0 Å². The summed E-state index contributed by atoms with van der Waals surface area (Å²) in [4.78, 5) is 12.2.